The van der Waals surface area contributed by atoms with E-state index in [-0.39, 0.29) is 0 Å². The number of benzene rings is 2. The fourth-order valence-corrected chi connectivity index (χ4v) is 2.57. The second kappa shape index (κ2) is 5.70. The molecule has 0 saturated heterocycles. The maximum Gasteiger partial charge on any atom is 0.0472 e. The zero-order chi connectivity index (χ0) is 14.8. The Morgan fingerprint density at radius 1 is 1.14 bits per heavy atom. The summed E-state index contributed by atoms with van der Waals surface area (Å²) in [4.78, 5) is 5.36. The van der Waals surface area contributed by atoms with E-state index < -0.39 is 0 Å². The summed E-state index contributed by atoms with van der Waals surface area (Å²) >= 11 is 6.01. The smallest absolute Gasteiger partial charge is 0.0472 e. The first kappa shape index (κ1) is 13.8. The van der Waals surface area contributed by atoms with Crippen LogP contribution in [0.3, 0.4) is 0 Å². The lowest BCUT2D eigenvalue weighted by Crippen LogP contribution is -2.09. The standard InChI is InChI=1S/C17H18ClN3/c1-21(2)15-5-3-4-14(9-15)19-10-12-11-20-17-8-13(18)6-7-16(12)17/h3-9,11,19-20H,10H2,1-2H3. The Labute approximate surface area is 129 Å². The Bertz CT molecular complexity index is 762. The number of aromatic amines is 1. The van der Waals surface area contributed by atoms with Gasteiger partial charge in [0, 0.05) is 54.1 Å². The molecule has 4 heteroatoms. The summed E-state index contributed by atoms with van der Waals surface area (Å²) in [6.45, 7) is 0.776. The van der Waals surface area contributed by atoms with Crippen LogP contribution in [-0.2, 0) is 6.54 Å². The van der Waals surface area contributed by atoms with Gasteiger partial charge in [-0.3, -0.25) is 0 Å². The second-order valence-corrected chi connectivity index (χ2v) is 5.74. The highest BCUT2D eigenvalue weighted by Crippen LogP contribution is 2.23. The molecular weight excluding hydrogens is 282 g/mol. The van der Waals surface area contributed by atoms with E-state index in [1.807, 2.05) is 32.4 Å². The highest BCUT2D eigenvalue weighted by molar-refractivity contribution is 6.31. The van der Waals surface area contributed by atoms with E-state index in [1.54, 1.807) is 0 Å². The number of nitrogens with one attached hydrogen (secondary N) is 2. The number of nitrogens with zero attached hydrogens (tertiary/aromatic N) is 1. The number of hydrogen-bond donors (Lipinski definition) is 2. The minimum absolute atomic E-state index is 0.752. The van der Waals surface area contributed by atoms with Crippen molar-refractivity contribution in [3.05, 3.63) is 59.2 Å². The van der Waals surface area contributed by atoms with E-state index in [9.17, 15) is 0 Å². The molecule has 0 unspecified atom stereocenters. The Balaban J connectivity index is 1.79. The first-order valence-electron chi connectivity index (χ1n) is 6.90. The number of aromatic nitrogens is 1. The molecule has 0 aliphatic carbocycles. The molecule has 3 rings (SSSR count). The molecule has 0 amide bonds. The number of rotatable bonds is 4. The second-order valence-electron chi connectivity index (χ2n) is 5.30. The van der Waals surface area contributed by atoms with Crippen molar-refractivity contribution in [3.8, 4) is 0 Å². The first-order valence-corrected chi connectivity index (χ1v) is 7.28. The van der Waals surface area contributed by atoms with Crippen molar-refractivity contribution in [2.24, 2.45) is 0 Å². The monoisotopic (exact) mass is 299 g/mol. The number of anilines is 2. The molecule has 108 valence electrons. The Kier molecular flexibility index (Phi) is 3.76. The lowest BCUT2D eigenvalue weighted by molar-refractivity contribution is 1.12. The molecule has 2 N–H and O–H groups in total. The summed E-state index contributed by atoms with van der Waals surface area (Å²) in [5.74, 6) is 0. The fourth-order valence-electron chi connectivity index (χ4n) is 2.40. The molecule has 0 bridgehead atoms. The third kappa shape index (κ3) is 2.98. The number of halogens is 1. The van der Waals surface area contributed by atoms with Crippen molar-refractivity contribution in [1.29, 1.82) is 0 Å². The van der Waals surface area contributed by atoms with Crippen molar-refractivity contribution in [1.82, 2.24) is 4.98 Å². The van der Waals surface area contributed by atoms with E-state index >= 15 is 0 Å². The molecule has 0 aliphatic heterocycles. The minimum atomic E-state index is 0.752. The molecule has 3 nitrogen and oxygen atoms in total. The van der Waals surface area contributed by atoms with Crippen LogP contribution in [0.5, 0.6) is 0 Å². The molecular formula is C17H18ClN3. The Hall–Kier alpha value is -2.13. The molecule has 3 aromatic rings. The van der Waals surface area contributed by atoms with E-state index in [1.165, 1.54) is 16.6 Å². The number of fused-ring (bicyclic) bond motifs is 1. The largest absolute Gasteiger partial charge is 0.381 e. The van der Waals surface area contributed by atoms with Crippen molar-refractivity contribution in [2.75, 3.05) is 24.3 Å². The average molecular weight is 300 g/mol. The van der Waals surface area contributed by atoms with Crippen LogP contribution in [0.4, 0.5) is 11.4 Å². The van der Waals surface area contributed by atoms with Gasteiger partial charge in [-0.2, -0.15) is 0 Å². The third-order valence-corrected chi connectivity index (χ3v) is 3.81. The SMILES string of the molecule is CN(C)c1cccc(NCc2c[nH]c3cc(Cl)ccc23)c1. The average Bonchev–Trinajstić information content (AvgIpc) is 2.87. The molecule has 0 radical (unpaired) electrons. The summed E-state index contributed by atoms with van der Waals surface area (Å²) in [5, 5.41) is 5.43. The quantitative estimate of drug-likeness (QED) is 0.743. The molecule has 0 spiro atoms. The van der Waals surface area contributed by atoms with Gasteiger partial charge in [0.05, 0.1) is 0 Å². The zero-order valence-electron chi connectivity index (χ0n) is 12.2. The van der Waals surface area contributed by atoms with Gasteiger partial charge < -0.3 is 15.2 Å². The van der Waals surface area contributed by atoms with Crippen LogP contribution < -0.4 is 10.2 Å². The first-order chi connectivity index (χ1) is 10.1. The van der Waals surface area contributed by atoms with Crippen LogP contribution in [0.1, 0.15) is 5.56 Å². The van der Waals surface area contributed by atoms with Gasteiger partial charge in [0.25, 0.3) is 0 Å². The molecule has 0 atom stereocenters. The van der Waals surface area contributed by atoms with Crippen LogP contribution in [-0.4, -0.2) is 19.1 Å². The highest BCUT2D eigenvalue weighted by atomic mass is 35.5. The molecule has 2 aromatic carbocycles. The van der Waals surface area contributed by atoms with E-state index in [0.29, 0.717) is 0 Å². The summed E-state index contributed by atoms with van der Waals surface area (Å²) in [7, 11) is 4.09. The van der Waals surface area contributed by atoms with E-state index in [2.05, 4.69) is 45.5 Å². The molecule has 0 aliphatic rings. The van der Waals surface area contributed by atoms with Gasteiger partial charge in [-0.05, 0) is 35.9 Å². The zero-order valence-corrected chi connectivity index (χ0v) is 12.9. The molecule has 1 aromatic heterocycles. The van der Waals surface area contributed by atoms with Gasteiger partial charge in [-0.1, -0.05) is 23.7 Å². The highest BCUT2D eigenvalue weighted by Gasteiger charge is 2.04. The van der Waals surface area contributed by atoms with Gasteiger partial charge in [0.15, 0.2) is 0 Å². The lowest BCUT2D eigenvalue weighted by atomic mass is 10.1. The molecule has 21 heavy (non-hydrogen) atoms. The van der Waals surface area contributed by atoms with E-state index in [0.717, 1.165) is 22.8 Å². The Morgan fingerprint density at radius 2 is 2.00 bits per heavy atom. The third-order valence-electron chi connectivity index (χ3n) is 3.57. The van der Waals surface area contributed by atoms with Crippen molar-refractivity contribution < 1.29 is 0 Å². The maximum atomic E-state index is 6.01. The summed E-state index contributed by atoms with van der Waals surface area (Å²) in [5.41, 5.74) is 4.61. The molecule has 0 fully saturated rings. The van der Waals surface area contributed by atoms with Crippen molar-refractivity contribution >= 4 is 33.9 Å². The van der Waals surface area contributed by atoms with Gasteiger partial charge >= 0.3 is 0 Å². The number of hydrogen-bond acceptors (Lipinski definition) is 2. The van der Waals surface area contributed by atoms with E-state index in [4.69, 9.17) is 11.6 Å². The van der Waals surface area contributed by atoms with Crippen molar-refractivity contribution in [2.45, 2.75) is 6.54 Å². The molecule has 0 saturated carbocycles. The van der Waals surface area contributed by atoms with Gasteiger partial charge in [-0.25, -0.2) is 0 Å². The summed E-state index contributed by atoms with van der Waals surface area (Å²) in [6, 6.07) is 14.3. The molecule has 1 heterocycles. The van der Waals surface area contributed by atoms with Gasteiger partial charge in [0.2, 0.25) is 0 Å². The van der Waals surface area contributed by atoms with Gasteiger partial charge in [0.1, 0.15) is 0 Å². The number of H-pyrrole nitrogens is 1. The lowest BCUT2D eigenvalue weighted by Gasteiger charge is -2.14. The topological polar surface area (TPSA) is 31.1 Å². The van der Waals surface area contributed by atoms with Crippen LogP contribution in [0.25, 0.3) is 10.9 Å². The predicted molar refractivity (Wildman–Crippen MR) is 91.4 cm³/mol. The Morgan fingerprint density at radius 3 is 2.81 bits per heavy atom. The maximum absolute atomic E-state index is 6.01. The van der Waals surface area contributed by atoms with Crippen LogP contribution in [0.15, 0.2) is 48.7 Å². The van der Waals surface area contributed by atoms with Crippen LogP contribution in [0.2, 0.25) is 5.02 Å². The predicted octanol–water partition coefficient (Wildman–Crippen LogP) is 4.50. The minimum Gasteiger partial charge on any atom is -0.381 e. The van der Waals surface area contributed by atoms with Crippen LogP contribution in [0, 0.1) is 0 Å². The van der Waals surface area contributed by atoms with Crippen LogP contribution >= 0.6 is 11.6 Å². The summed E-state index contributed by atoms with van der Waals surface area (Å²) in [6.07, 6.45) is 2.03. The normalized spacial score (nSPS) is 10.8. The van der Waals surface area contributed by atoms with Crippen molar-refractivity contribution in [3.63, 3.8) is 0 Å². The summed E-state index contributed by atoms with van der Waals surface area (Å²) < 4.78 is 0. The fraction of sp³-hybridized carbons (Fsp3) is 0.176. The van der Waals surface area contributed by atoms with Gasteiger partial charge in [-0.15, -0.1) is 0 Å².